The fraction of sp³-hybridized carbons (Fsp3) is 0.0909. The van der Waals surface area contributed by atoms with E-state index in [1.165, 1.54) is 0 Å². The topological polar surface area (TPSA) is 82.5 Å². The van der Waals surface area contributed by atoms with Crippen molar-refractivity contribution in [1.82, 2.24) is 25.2 Å². The van der Waals surface area contributed by atoms with Crippen molar-refractivity contribution in [2.75, 3.05) is 0 Å². The maximum atomic E-state index is 5.67. The Morgan fingerprint density at radius 1 is 1.12 bits per heavy atom. The summed E-state index contributed by atoms with van der Waals surface area (Å²) in [5.41, 5.74) is 8.27. The number of para-hydroxylation sites is 1. The van der Waals surface area contributed by atoms with Crippen molar-refractivity contribution in [3.8, 4) is 5.82 Å². The second kappa shape index (κ2) is 3.91. The lowest BCUT2D eigenvalue weighted by molar-refractivity contribution is 0.764. The molecule has 0 atom stereocenters. The lowest BCUT2D eigenvalue weighted by atomic mass is 10.2. The van der Waals surface area contributed by atoms with E-state index in [0.717, 1.165) is 16.6 Å². The molecular weight excluding hydrogens is 216 g/mol. The summed E-state index contributed by atoms with van der Waals surface area (Å²) in [6, 6.07) is 9.52. The van der Waals surface area contributed by atoms with Crippen molar-refractivity contribution < 1.29 is 0 Å². The summed E-state index contributed by atoms with van der Waals surface area (Å²) < 4.78 is 1.66. The van der Waals surface area contributed by atoms with Gasteiger partial charge >= 0.3 is 0 Å². The zero-order valence-corrected chi connectivity index (χ0v) is 8.98. The van der Waals surface area contributed by atoms with Crippen LogP contribution in [0.5, 0.6) is 0 Å². The van der Waals surface area contributed by atoms with Crippen molar-refractivity contribution >= 4 is 11.0 Å². The molecule has 0 saturated carbocycles. The van der Waals surface area contributed by atoms with Crippen LogP contribution in [-0.4, -0.2) is 25.2 Å². The first-order valence-electron chi connectivity index (χ1n) is 5.21. The SMILES string of the molecule is NCc1ccnnc1-n1nnc2ccccc21. The molecule has 1 aromatic carbocycles. The van der Waals surface area contributed by atoms with Gasteiger partial charge in [0.25, 0.3) is 0 Å². The minimum atomic E-state index is 0.388. The molecule has 0 saturated heterocycles. The van der Waals surface area contributed by atoms with Gasteiger partial charge in [-0.1, -0.05) is 17.3 Å². The molecule has 6 heteroatoms. The van der Waals surface area contributed by atoms with E-state index < -0.39 is 0 Å². The molecule has 2 heterocycles. The van der Waals surface area contributed by atoms with Crippen molar-refractivity contribution in [3.05, 3.63) is 42.1 Å². The van der Waals surface area contributed by atoms with E-state index >= 15 is 0 Å². The summed E-state index contributed by atoms with van der Waals surface area (Å²) in [4.78, 5) is 0. The number of fused-ring (bicyclic) bond motifs is 1. The van der Waals surface area contributed by atoms with Gasteiger partial charge in [0.2, 0.25) is 0 Å². The Labute approximate surface area is 97.1 Å². The highest BCUT2D eigenvalue weighted by molar-refractivity contribution is 5.75. The maximum absolute atomic E-state index is 5.67. The van der Waals surface area contributed by atoms with Gasteiger partial charge in [-0.3, -0.25) is 0 Å². The Morgan fingerprint density at radius 2 is 2.00 bits per heavy atom. The summed E-state index contributed by atoms with van der Waals surface area (Å²) in [6.07, 6.45) is 1.62. The molecule has 0 bridgehead atoms. The predicted octanol–water partition coefficient (Wildman–Crippen LogP) is 0.669. The summed E-state index contributed by atoms with van der Waals surface area (Å²) in [6.45, 7) is 0.388. The largest absolute Gasteiger partial charge is 0.326 e. The fourth-order valence-electron chi connectivity index (χ4n) is 1.71. The highest BCUT2D eigenvalue weighted by atomic mass is 15.5. The molecule has 3 rings (SSSR count). The van der Waals surface area contributed by atoms with Crippen molar-refractivity contribution in [3.63, 3.8) is 0 Å². The monoisotopic (exact) mass is 226 g/mol. The number of nitrogens with zero attached hydrogens (tertiary/aromatic N) is 5. The lowest BCUT2D eigenvalue weighted by Gasteiger charge is -2.04. The number of hydrogen-bond donors (Lipinski definition) is 1. The van der Waals surface area contributed by atoms with Crippen LogP contribution < -0.4 is 5.73 Å². The standard InChI is InChI=1S/C11H10N6/c12-7-8-5-6-13-15-11(8)17-10-4-2-1-3-9(10)14-16-17/h1-6H,7,12H2. The smallest absolute Gasteiger partial charge is 0.182 e. The van der Waals surface area contributed by atoms with E-state index in [1.807, 2.05) is 30.3 Å². The molecule has 0 aliphatic heterocycles. The molecule has 0 spiro atoms. The third kappa shape index (κ3) is 1.55. The first-order chi connectivity index (χ1) is 8.40. The molecule has 2 aromatic heterocycles. The van der Waals surface area contributed by atoms with Crippen LogP contribution in [-0.2, 0) is 6.54 Å². The van der Waals surface area contributed by atoms with E-state index in [9.17, 15) is 0 Å². The molecule has 0 aliphatic rings. The average Bonchev–Trinajstić information content (AvgIpc) is 2.82. The van der Waals surface area contributed by atoms with Gasteiger partial charge in [0.05, 0.1) is 11.7 Å². The molecule has 3 aromatic rings. The predicted molar refractivity (Wildman–Crippen MR) is 62.3 cm³/mol. The third-order valence-electron chi connectivity index (χ3n) is 2.55. The van der Waals surface area contributed by atoms with E-state index in [-0.39, 0.29) is 0 Å². The van der Waals surface area contributed by atoms with Crippen molar-refractivity contribution in [1.29, 1.82) is 0 Å². The van der Waals surface area contributed by atoms with Crippen molar-refractivity contribution in [2.45, 2.75) is 6.54 Å². The quantitative estimate of drug-likeness (QED) is 0.694. The molecule has 0 radical (unpaired) electrons. The van der Waals surface area contributed by atoms with Crippen LogP contribution in [0.4, 0.5) is 0 Å². The average molecular weight is 226 g/mol. The Hall–Kier alpha value is -2.34. The normalized spacial score (nSPS) is 10.9. The molecule has 0 amide bonds. The molecule has 6 nitrogen and oxygen atoms in total. The second-order valence-electron chi connectivity index (χ2n) is 3.57. The van der Waals surface area contributed by atoms with E-state index in [0.29, 0.717) is 12.4 Å². The summed E-state index contributed by atoms with van der Waals surface area (Å²) in [7, 11) is 0. The Morgan fingerprint density at radius 3 is 2.88 bits per heavy atom. The van der Waals surface area contributed by atoms with Crippen LogP contribution in [0.15, 0.2) is 36.5 Å². The van der Waals surface area contributed by atoms with E-state index in [1.54, 1.807) is 10.9 Å². The van der Waals surface area contributed by atoms with Gasteiger partial charge in [-0.15, -0.1) is 10.2 Å². The van der Waals surface area contributed by atoms with Gasteiger partial charge in [0.1, 0.15) is 5.52 Å². The van der Waals surface area contributed by atoms with Crippen LogP contribution in [0.25, 0.3) is 16.9 Å². The van der Waals surface area contributed by atoms with Crippen LogP contribution >= 0.6 is 0 Å². The van der Waals surface area contributed by atoms with Crippen LogP contribution in [0.2, 0.25) is 0 Å². The van der Waals surface area contributed by atoms with Crippen LogP contribution in [0, 0.1) is 0 Å². The second-order valence-corrected chi connectivity index (χ2v) is 3.57. The first-order valence-corrected chi connectivity index (χ1v) is 5.21. The molecule has 2 N–H and O–H groups in total. The van der Waals surface area contributed by atoms with E-state index in [4.69, 9.17) is 5.73 Å². The summed E-state index contributed by atoms with van der Waals surface area (Å²) in [5, 5.41) is 16.1. The number of rotatable bonds is 2. The molecular formula is C11H10N6. The number of nitrogens with two attached hydrogens (primary N) is 1. The highest BCUT2D eigenvalue weighted by Crippen LogP contribution is 2.16. The maximum Gasteiger partial charge on any atom is 0.182 e. The Bertz CT molecular complexity index is 660. The Balaban J connectivity index is 2.27. The number of hydrogen-bond acceptors (Lipinski definition) is 5. The molecule has 0 aliphatic carbocycles. The lowest BCUT2D eigenvalue weighted by Crippen LogP contribution is -2.08. The minimum Gasteiger partial charge on any atom is -0.326 e. The molecule has 17 heavy (non-hydrogen) atoms. The molecule has 0 unspecified atom stereocenters. The van der Waals surface area contributed by atoms with Gasteiger partial charge in [0, 0.05) is 12.1 Å². The van der Waals surface area contributed by atoms with Gasteiger partial charge in [0.15, 0.2) is 5.82 Å². The van der Waals surface area contributed by atoms with Gasteiger partial charge in [-0.2, -0.15) is 9.78 Å². The summed E-state index contributed by atoms with van der Waals surface area (Å²) >= 11 is 0. The van der Waals surface area contributed by atoms with Gasteiger partial charge in [-0.05, 0) is 18.2 Å². The summed E-state index contributed by atoms with van der Waals surface area (Å²) in [5.74, 6) is 0.628. The zero-order valence-electron chi connectivity index (χ0n) is 8.98. The van der Waals surface area contributed by atoms with Gasteiger partial charge < -0.3 is 5.73 Å². The zero-order chi connectivity index (χ0) is 11.7. The number of aromatic nitrogens is 5. The first kappa shape index (κ1) is 9.86. The minimum absolute atomic E-state index is 0.388. The van der Waals surface area contributed by atoms with E-state index in [2.05, 4.69) is 20.5 Å². The fourth-order valence-corrected chi connectivity index (χ4v) is 1.71. The van der Waals surface area contributed by atoms with Crippen LogP contribution in [0.1, 0.15) is 5.56 Å². The van der Waals surface area contributed by atoms with Gasteiger partial charge in [-0.25, -0.2) is 0 Å². The number of benzene rings is 1. The third-order valence-corrected chi connectivity index (χ3v) is 2.55. The van der Waals surface area contributed by atoms with Crippen LogP contribution in [0.3, 0.4) is 0 Å². The van der Waals surface area contributed by atoms with Crippen molar-refractivity contribution in [2.24, 2.45) is 5.73 Å². The molecule has 0 fully saturated rings. The highest BCUT2D eigenvalue weighted by Gasteiger charge is 2.10. The molecule has 84 valence electrons. The Kier molecular flexibility index (Phi) is 2.27.